The van der Waals surface area contributed by atoms with Crippen molar-refractivity contribution < 1.29 is 0 Å². The molecule has 0 aromatic rings. The molecule has 0 saturated heterocycles. The molecule has 5 aliphatic carbocycles. The average molecular weight is 359 g/mol. The van der Waals surface area contributed by atoms with E-state index in [2.05, 4.69) is 27.7 Å². The summed E-state index contributed by atoms with van der Waals surface area (Å²) in [7, 11) is 0. The zero-order valence-electron chi connectivity index (χ0n) is 18.4. The topological polar surface area (TPSA) is 0 Å². The molecule has 26 heavy (non-hydrogen) atoms. The Bertz CT molecular complexity index is 486. The van der Waals surface area contributed by atoms with Crippen molar-refractivity contribution in [1.82, 2.24) is 0 Å². The molecule has 150 valence electrons. The van der Waals surface area contributed by atoms with E-state index in [1.54, 1.807) is 64.2 Å². The fourth-order valence-electron chi connectivity index (χ4n) is 9.40. The minimum absolute atomic E-state index is 0.725. The molecule has 0 N–H and O–H groups in total. The van der Waals surface area contributed by atoms with E-state index in [-0.39, 0.29) is 0 Å². The van der Waals surface area contributed by atoms with Gasteiger partial charge >= 0.3 is 0 Å². The molecular weight excluding hydrogens is 312 g/mol. The van der Waals surface area contributed by atoms with Gasteiger partial charge in [0.2, 0.25) is 0 Å². The highest BCUT2D eigenvalue weighted by Gasteiger charge is 2.64. The molecular formula is C26H46. The Morgan fingerprint density at radius 1 is 0.654 bits per heavy atom. The second-order valence-electron chi connectivity index (χ2n) is 11.6. The maximum atomic E-state index is 2.77. The molecule has 0 heterocycles. The van der Waals surface area contributed by atoms with Crippen LogP contribution in [-0.4, -0.2) is 0 Å². The molecule has 6 atom stereocenters. The predicted molar refractivity (Wildman–Crippen MR) is 113 cm³/mol. The van der Waals surface area contributed by atoms with Crippen molar-refractivity contribution in [3.8, 4) is 0 Å². The monoisotopic (exact) mass is 358 g/mol. The van der Waals surface area contributed by atoms with Crippen LogP contribution >= 0.6 is 0 Å². The Balaban J connectivity index is 0.000000527. The number of fused-ring (bicyclic) bond motifs is 6. The molecule has 0 heteroatoms. The Morgan fingerprint density at radius 2 is 1.31 bits per heavy atom. The second-order valence-corrected chi connectivity index (χ2v) is 11.6. The van der Waals surface area contributed by atoms with Crippen LogP contribution in [-0.2, 0) is 0 Å². The van der Waals surface area contributed by atoms with Crippen molar-refractivity contribution in [1.29, 1.82) is 0 Å². The van der Waals surface area contributed by atoms with Gasteiger partial charge in [-0.3, -0.25) is 0 Å². The van der Waals surface area contributed by atoms with Crippen molar-refractivity contribution in [2.45, 2.75) is 124 Å². The molecule has 0 aromatic heterocycles. The molecule has 1 spiro atoms. The third-order valence-corrected chi connectivity index (χ3v) is 10.7. The summed E-state index contributed by atoms with van der Waals surface area (Å²) < 4.78 is 0. The van der Waals surface area contributed by atoms with Crippen molar-refractivity contribution in [3.05, 3.63) is 0 Å². The largest absolute Gasteiger partial charge is 0.0656 e. The van der Waals surface area contributed by atoms with Crippen molar-refractivity contribution in [2.24, 2.45) is 39.9 Å². The number of hydrogen-bond acceptors (Lipinski definition) is 0. The molecule has 5 aliphatic rings. The molecule has 0 radical (unpaired) electrons. The van der Waals surface area contributed by atoms with E-state index in [4.69, 9.17) is 0 Å². The minimum atomic E-state index is 0.725. The third-order valence-electron chi connectivity index (χ3n) is 10.7. The second kappa shape index (κ2) is 7.11. The van der Waals surface area contributed by atoms with Crippen LogP contribution in [0.4, 0.5) is 0 Å². The summed E-state index contributed by atoms with van der Waals surface area (Å²) in [5.41, 5.74) is 2.24. The lowest BCUT2D eigenvalue weighted by atomic mass is 9.43. The van der Waals surface area contributed by atoms with Gasteiger partial charge in [-0.15, -0.1) is 0 Å². The van der Waals surface area contributed by atoms with Crippen LogP contribution in [0.15, 0.2) is 0 Å². The fraction of sp³-hybridized carbons (Fsp3) is 1.00. The molecule has 0 bridgehead atoms. The van der Waals surface area contributed by atoms with Gasteiger partial charge in [0.1, 0.15) is 0 Å². The summed E-state index contributed by atoms with van der Waals surface area (Å²) in [5, 5.41) is 0. The van der Waals surface area contributed by atoms with Crippen molar-refractivity contribution >= 4 is 0 Å². The maximum Gasteiger partial charge on any atom is -0.0238 e. The van der Waals surface area contributed by atoms with Gasteiger partial charge in [-0.1, -0.05) is 59.8 Å². The standard InChI is InChI=1S/C23H38.C3H8/c1-21-12-4-3-7-17(21)8-9-18-19(21)10-15-22(2)20(18)11-16-23(22)13-5-6-14-23;1-3-2/h17-20H,3-16H2,1-2H3;3H2,1-2H3. The third kappa shape index (κ3) is 2.67. The highest BCUT2D eigenvalue weighted by atomic mass is 14.7. The van der Waals surface area contributed by atoms with Crippen LogP contribution in [0, 0.1) is 39.9 Å². The molecule has 0 nitrogen and oxygen atoms in total. The first-order chi connectivity index (χ1) is 12.5. The zero-order valence-corrected chi connectivity index (χ0v) is 18.4. The van der Waals surface area contributed by atoms with E-state index in [0.29, 0.717) is 0 Å². The smallest absolute Gasteiger partial charge is 0.0238 e. The van der Waals surface area contributed by atoms with Crippen LogP contribution < -0.4 is 0 Å². The summed E-state index contributed by atoms with van der Waals surface area (Å²) >= 11 is 0. The first-order valence-corrected chi connectivity index (χ1v) is 12.5. The van der Waals surface area contributed by atoms with E-state index in [1.807, 2.05) is 0 Å². The number of rotatable bonds is 0. The van der Waals surface area contributed by atoms with Gasteiger partial charge in [0.25, 0.3) is 0 Å². The molecule has 5 rings (SSSR count). The van der Waals surface area contributed by atoms with E-state index < -0.39 is 0 Å². The highest BCUT2D eigenvalue weighted by molar-refractivity contribution is 5.13. The first-order valence-electron chi connectivity index (χ1n) is 12.5. The predicted octanol–water partition coefficient (Wildman–Crippen LogP) is 8.40. The molecule has 5 fully saturated rings. The normalized spacial score (nSPS) is 48.9. The van der Waals surface area contributed by atoms with Gasteiger partial charge in [0.15, 0.2) is 0 Å². The maximum absolute atomic E-state index is 2.77. The molecule has 0 aliphatic heterocycles. The Labute approximate surface area is 164 Å². The number of hydrogen-bond donors (Lipinski definition) is 0. The molecule has 5 saturated carbocycles. The Hall–Kier alpha value is 0. The average Bonchev–Trinajstić information content (AvgIpc) is 3.22. The fourth-order valence-corrected chi connectivity index (χ4v) is 9.40. The molecule has 0 amide bonds. The van der Waals surface area contributed by atoms with E-state index >= 15 is 0 Å². The Morgan fingerprint density at radius 3 is 2.04 bits per heavy atom. The lowest BCUT2D eigenvalue weighted by Crippen LogP contribution is -2.54. The lowest BCUT2D eigenvalue weighted by molar-refractivity contribution is -0.124. The summed E-state index contributed by atoms with van der Waals surface area (Å²) in [6.45, 7) is 9.75. The quantitative estimate of drug-likeness (QED) is 0.408. The van der Waals surface area contributed by atoms with E-state index in [9.17, 15) is 0 Å². The van der Waals surface area contributed by atoms with E-state index in [0.717, 1.165) is 39.9 Å². The van der Waals surface area contributed by atoms with Crippen LogP contribution in [0.2, 0.25) is 0 Å². The van der Waals surface area contributed by atoms with Crippen molar-refractivity contribution in [3.63, 3.8) is 0 Å². The van der Waals surface area contributed by atoms with Gasteiger partial charge in [0.05, 0.1) is 0 Å². The highest BCUT2D eigenvalue weighted by Crippen LogP contribution is 2.73. The van der Waals surface area contributed by atoms with E-state index in [1.165, 1.54) is 32.1 Å². The van der Waals surface area contributed by atoms with Crippen LogP contribution in [0.3, 0.4) is 0 Å². The van der Waals surface area contributed by atoms with Crippen LogP contribution in [0.5, 0.6) is 0 Å². The van der Waals surface area contributed by atoms with Crippen LogP contribution in [0.25, 0.3) is 0 Å². The van der Waals surface area contributed by atoms with Gasteiger partial charge in [-0.2, -0.15) is 0 Å². The molecule has 6 unspecified atom stereocenters. The van der Waals surface area contributed by atoms with Crippen LogP contribution in [0.1, 0.15) is 124 Å². The Kier molecular flexibility index (Phi) is 5.28. The summed E-state index contributed by atoms with van der Waals surface area (Å²) in [4.78, 5) is 0. The lowest BCUT2D eigenvalue weighted by Gasteiger charge is -2.61. The summed E-state index contributed by atoms with van der Waals surface area (Å²) in [6, 6.07) is 0. The summed E-state index contributed by atoms with van der Waals surface area (Å²) in [6.07, 6.45) is 23.2. The molecule has 0 aromatic carbocycles. The SMILES string of the molecule is CC12CCCCC1CCC1C2CCC2(C)C1CCC21CCCC1.CCC. The van der Waals surface area contributed by atoms with Gasteiger partial charge < -0.3 is 0 Å². The van der Waals surface area contributed by atoms with Gasteiger partial charge in [-0.05, 0) is 104 Å². The summed E-state index contributed by atoms with van der Waals surface area (Å²) in [5.74, 6) is 4.38. The van der Waals surface area contributed by atoms with Gasteiger partial charge in [0, 0.05) is 0 Å². The minimum Gasteiger partial charge on any atom is -0.0656 e. The van der Waals surface area contributed by atoms with Gasteiger partial charge in [-0.25, -0.2) is 0 Å². The first kappa shape index (κ1) is 19.3. The van der Waals surface area contributed by atoms with Crippen molar-refractivity contribution in [2.75, 3.05) is 0 Å². The zero-order chi connectivity index (χ0) is 18.4.